The van der Waals surface area contributed by atoms with Crippen molar-refractivity contribution in [3.05, 3.63) is 120 Å². The van der Waals surface area contributed by atoms with E-state index in [-0.39, 0.29) is 24.8 Å². The fourth-order valence-corrected chi connectivity index (χ4v) is 6.40. The van der Waals surface area contributed by atoms with Crippen molar-refractivity contribution < 1.29 is 44.2 Å². The van der Waals surface area contributed by atoms with Gasteiger partial charge in [0.25, 0.3) is 0 Å². The number of nitrogens with zero attached hydrogens (tertiary/aromatic N) is 5. The normalized spacial score (nSPS) is 12.5. The number of rotatable bonds is 21. The Bertz CT molecular complexity index is 1490. The first-order valence-electron chi connectivity index (χ1n) is 19.0. The molecule has 2 aromatic heterocycles. The average Bonchev–Trinajstić information content (AvgIpc) is 3.15. The van der Waals surface area contributed by atoms with Gasteiger partial charge in [0.1, 0.15) is 12.2 Å². The maximum atomic E-state index is 11.0. The van der Waals surface area contributed by atoms with Gasteiger partial charge in [-0.05, 0) is 87.2 Å². The van der Waals surface area contributed by atoms with Crippen LogP contribution in [0, 0.1) is 0 Å². The third-order valence-corrected chi connectivity index (χ3v) is 9.42. The molecule has 4 rings (SSSR count). The topological polar surface area (TPSA) is 57.9 Å². The van der Waals surface area contributed by atoms with Crippen molar-refractivity contribution in [2.75, 3.05) is 55.6 Å². The molecule has 0 aliphatic heterocycles. The number of aliphatic hydroxyl groups excluding tert-OH is 2. The Morgan fingerprint density at radius 3 is 1.13 bits per heavy atom. The number of pyridine rings is 2. The maximum absolute atomic E-state index is 11.0. The number of benzene rings is 2. The molecule has 53 heavy (non-hydrogen) atoms. The SMILES string of the molecule is CCCCN(CC(O)C[n+]1ccc(/C=C/c2ccc(N(CC)CC)cc2)cc1)CC(O)C[n+]1ccc(/C=C/c2ccc(N(CC)CC)cc2)cc1.[Cl-].[Cl-]. The lowest BCUT2D eigenvalue weighted by molar-refractivity contribution is -0.704. The van der Waals surface area contributed by atoms with Gasteiger partial charge in [-0.25, -0.2) is 9.13 Å². The van der Waals surface area contributed by atoms with E-state index in [1.807, 2.05) is 33.9 Å². The molecule has 0 bridgehead atoms. The molecule has 2 unspecified atom stereocenters. The lowest BCUT2D eigenvalue weighted by Gasteiger charge is -2.25. The fourth-order valence-electron chi connectivity index (χ4n) is 6.40. The van der Waals surface area contributed by atoms with E-state index in [9.17, 15) is 10.2 Å². The highest BCUT2D eigenvalue weighted by molar-refractivity contribution is 5.71. The number of hydrogen-bond donors (Lipinski definition) is 2. The number of hydrogen-bond acceptors (Lipinski definition) is 5. The van der Waals surface area contributed by atoms with E-state index >= 15 is 0 Å². The smallest absolute Gasteiger partial charge is 0.175 e. The summed E-state index contributed by atoms with van der Waals surface area (Å²) in [5.74, 6) is 0. The van der Waals surface area contributed by atoms with Crippen LogP contribution in [-0.4, -0.2) is 73.1 Å². The molecule has 4 aromatic rings. The zero-order chi connectivity index (χ0) is 36.4. The minimum absolute atomic E-state index is 0. The highest BCUT2D eigenvalue weighted by Gasteiger charge is 2.20. The summed E-state index contributed by atoms with van der Waals surface area (Å²) in [5, 5.41) is 22.1. The van der Waals surface area contributed by atoms with Crippen LogP contribution >= 0.6 is 0 Å². The van der Waals surface area contributed by atoms with Gasteiger partial charge in [0.15, 0.2) is 37.9 Å². The Morgan fingerprint density at radius 1 is 0.509 bits per heavy atom. The summed E-state index contributed by atoms with van der Waals surface area (Å²) in [5.41, 5.74) is 7.07. The van der Waals surface area contributed by atoms with Crippen LogP contribution in [0.25, 0.3) is 24.3 Å². The van der Waals surface area contributed by atoms with Crippen LogP contribution in [0.15, 0.2) is 97.6 Å². The van der Waals surface area contributed by atoms with Gasteiger partial charge in [0, 0.05) is 74.9 Å². The van der Waals surface area contributed by atoms with Crippen LogP contribution < -0.4 is 43.7 Å². The number of halogens is 2. The molecule has 2 aromatic carbocycles. The molecule has 0 amide bonds. The molecule has 2 N–H and O–H groups in total. The Kier molecular flexibility index (Phi) is 21.1. The third-order valence-electron chi connectivity index (χ3n) is 9.42. The highest BCUT2D eigenvalue weighted by Crippen LogP contribution is 2.18. The fraction of sp³-hybridized carbons (Fsp3) is 0.409. The molecular formula is C44H61Cl2N5O2. The largest absolute Gasteiger partial charge is 1.00 e. The van der Waals surface area contributed by atoms with Gasteiger partial charge in [0.05, 0.1) is 0 Å². The molecule has 2 heterocycles. The Balaban J connectivity index is 0.00000486. The van der Waals surface area contributed by atoms with E-state index in [2.05, 4.69) is 146 Å². The summed E-state index contributed by atoms with van der Waals surface area (Å²) in [6.45, 7) is 17.8. The minimum Gasteiger partial charge on any atom is -1.00 e. The van der Waals surface area contributed by atoms with Gasteiger partial charge in [-0.3, -0.25) is 4.90 Å². The van der Waals surface area contributed by atoms with Crippen LogP contribution in [-0.2, 0) is 13.1 Å². The van der Waals surface area contributed by atoms with E-state index in [1.54, 1.807) is 0 Å². The second-order valence-corrected chi connectivity index (χ2v) is 13.3. The van der Waals surface area contributed by atoms with Crippen molar-refractivity contribution in [3.8, 4) is 0 Å². The van der Waals surface area contributed by atoms with Crippen molar-refractivity contribution in [3.63, 3.8) is 0 Å². The van der Waals surface area contributed by atoms with Crippen molar-refractivity contribution in [1.29, 1.82) is 0 Å². The van der Waals surface area contributed by atoms with Gasteiger partial charge >= 0.3 is 0 Å². The van der Waals surface area contributed by atoms with E-state index in [0.29, 0.717) is 26.2 Å². The second kappa shape index (κ2) is 24.6. The standard InChI is InChI=1S/C44H61N5O2.2ClH/c1-6-11-28-47(35-43(50)33-45-29-24-39(25-30-45)14-12-37-16-20-41(21-17-37)48(7-2)8-3)36-44(51)34-46-31-26-40(27-32-46)15-13-38-18-22-42(23-19-38)49(9-4)10-5;;/h12-27,29-32,43-44,50-51H,6-11,28,33-36H2,1-5H3;2*1H/q+2;;/p-2. The van der Waals surface area contributed by atoms with Crippen molar-refractivity contribution in [2.45, 2.75) is 72.8 Å². The monoisotopic (exact) mass is 761 g/mol. The first kappa shape index (κ1) is 45.4. The van der Waals surface area contributed by atoms with Gasteiger partial charge in [-0.1, -0.05) is 61.9 Å². The van der Waals surface area contributed by atoms with Crippen molar-refractivity contribution in [2.24, 2.45) is 0 Å². The molecule has 2 atom stereocenters. The lowest BCUT2D eigenvalue weighted by Crippen LogP contribution is -3.00. The van der Waals surface area contributed by atoms with Crippen LogP contribution in [0.3, 0.4) is 0 Å². The van der Waals surface area contributed by atoms with Gasteiger partial charge in [-0.2, -0.15) is 0 Å². The molecule has 0 aliphatic carbocycles. The van der Waals surface area contributed by atoms with E-state index in [4.69, 9.17) is 0 Å². The van der Waals surface area contributed by atoms with E-state index in [1.165, 1.54) is 22.5 Å². The first-order valence-corrected chi connectivity index (χ1v) is 19.0. The molecule has 7 nitrogen and oxygen atoms in total. The maximum Gasteiger partial charge on any atom is 0.175 e. The highest BCUT2D eigenvalue weighted by atomic mass is 35.5. The summed E-state index contributed by atoms with van der Waals surface area (Å²) in [4.78, 5) is 6.89. The quantitative estimate of drug-likeness (QED) is 0.123. The summed E-state index contributed by atoms with van der Waals surface area (Å²) in [6, 6.07) is 25.7. The third kappa shape index (κ3) is 15.3. The van der Waals surface area contributed by atoms with Crippen LogP contribution in [0.4, 0.5) is 11.4 Å². The average molecular weight is 763 g/mol. The molecule has 288 valence electrons. The van der Waals surface area contributed by atoms with Gasteiger partial charge in [-0.15, -0.1) is 0 Å². The molecule has 9 heteroatoms. The number of aliphatic hydroxyl groups is 2. The first-order chi connectivity index (χ1) is 24.8. The van der Waals surface area contributed by atoms with Gasteiger partial charge in [0.2, 0.25) is 0 Å². The predicted octanol–water partition coefficient (Wildman–Crippen LogP) is 0.827. The van der Waals surface area contributed by atoms with Crippen LogP contribution in [0.2, 0.25) is 0 Å². The van der Waals surface area contributed by atoms with Crippen LogP contribution in [0.1, 0.15) is 69.7 Å². The summed E-state index contributed by atoms with van der Waals surface area (Å²) in [7, 11) is 0. The molecule has 0 aliphatic rings. The number of anilines is 2. The molecule has 0 spiro atoms. The molecular weight excluding hydrogens is 701 g/mol. The van der Waals surface area contributed by atoms with Crippen molar-refractivity contribution in [1.82, 2.24) is 4.90 Å². The summed E-state index contributed by atoms with van der Waals surface area (Å²) in [6.07, 6.45) is 17.6. The molecule has 0 radical (unpaired) electrons. The lowest BCUT2D eigenvalue weighted by atomic mass is 10.1. The van der Waals surface area contributed by atoms with Crippen LogP contribution in [0.5, 0.6) is 0 Å². The predicted molar refractivity (Wildman–Crippen MR) is 214 cm³/mol. The zero-order valence-corrected chi connectivity index (χ0v) is 33.9. The van der Waals surface area contributed by atoms with Gasteiger partial charge < -0.3 is 44.8 Å². The Morgan fingerprint density at radius 2 is 0.830 bits per heavy atom. The Labute approximate surface area is 331 Å². The summed E-state index contributed by atoms with van der Waals surface area (Å²) < 4.78 is 4.06. The zero-order valence-electron chi connectivity index (χ0n) is 32.4. The summed E-state index contributed by atoms with van der Waals surface area (Å²) >= 11 is 0. The number of unbranched alkanes of at least 4 members (excludes halogenated alkanes) is 1. The molecule has 0 saturated carbocycles. The molecule has 0 saturated heterocycles. The Hall–Kier alpha value is -3.72. The van der Waals surface area contributed by atoms with E-state index < -0.39 is 12.2 Å². The minimum atomic E-state index is -0.545. The molecule has 0 fully saturated rings. The second-order valence-electron chi connectivity index (χ2n) is 13.3. The number of aromatic nitrogens is 2. The van der Waals surface area contributed by atoms with Crippen molar-refractivity contribution >= 4 is 35.7 Å². The van der Waals surface area contributed by atoms with E-state index in [0.717, 1.165) is 56.7 Å².